The Morgan fingerprint density at radius 2 is 1.76 bits per heavy atom. The number of rotatable bonds is 6. The summed E-state index contributed by atoms with van der Waals surface area (Å²) >= 11 is 1.53. The molecule has 0 aliphatic rings. The summed E-state index contributed by atoms with van der Waals surface area (Å²) in [5.74, 6) is -0.864. The number of aryl methyl sites for hydroxylation is 2. The van der Waals surface area contributed by atoms with Gasteiger partial charge in [-0.25, -0.2) is 0 Å². The Morgan fingerprint density at radius 1 is 1.12 bits per heavy atom. The molecule has 0 aliphatic heterocycles. The van der Waals surface area contributed by atoms with Gasteiger partial charge in [0.2, 0.25) is 5.91 Å². The standard InChI is InChI=1S/C17H16F3NO3S/c1-10-9-14(11(2)25-10)15(22)7-8-16(23)21-12-3-5-13(6-4-12)24-17(18,19)20/h3-6,9H,7-8H2,1-2H3,(H,21,23). The summed E-state index contributed by atoms with van der Waals surface area (Å²) in [7, 11) is 0. The zero-order valence-corrected chi connectivity index (χ0v) is 14.4. The highest BCUT2D eigenvalue weighted by Gasteiger charge is 2.30. The maximum Gasteiger partial charge on any atom is 0.573 e. The van der Waals surface area contributed by atoms with E-state index in [0.29, 0.717) is 11.3 Å². The Labute approximate surface area is 146 Å². The number of Topliss-reactive ketones (excluding diaryl/α,β-unsaturated/α-hetero) is 1. The van der Waals surface area contributed by atoms with Crippen LogP contribution in [0.2, 0.25) is 0 Å². The number of benzene rings is 1. The molecule has 0 unspecified atom stereocenters. The fourth-order valence-electron chi connectivity index (χ4n) is 2.23. The van der Waals surface area contributed by atoms with Gasteiger partial charge in [0.15, 0.2) is 5.78 Å². The van der Waals surface area contributed by atoms with Crippen LogP contribution in [-0.2, 0) is 4.79 Å². The first-order chi connectivity index (χ1) is 11.6. The number of amides is 1. The minimum atomic E-state index is -4.76. The fraction of sp³-hybridized carbons (Fsp3) is 0.294. The second kappa shape index (κ2) is 7.69. The minimum absolute atomic E-state index is 0.00598. The van der Waals surface area contributed by atoms with E-state index in [1.807, 2.05) is 13.8 Å². The molecule has 8 heteroatoms. The molecule has 25 heavy (non-hydrogen) atoms. The topological polar surface area (TPSA) is 55.4 Å². The van der Waals surface area contributed by atoms with Crippen LogP contribution in [0.3, 0.4) is 0 Å². The maximum atomic E-state index is 12.1. The number of hydrogen-bond acceptors (Lipinski definition) is 4. The Morgan fingerprint density at radius 3 is 2.28 bits per heavy atom. The van der Waals surface area contributed by atoms with E-state index >= 15 is 0 Å². The number of thiophene rings is 1. The summed E-state index contributed by atoms with van der Waals surface area (Å²) in [5.41, 5.74) is 0.957. The van der Waals surface area contributed by atoms with Crippen molar-refractivity contribution in [1.82, 2.24) is 0 Å². The van der Waals surface area contributed by atoms with E-state index in [4.69, 9.17) is 0 Å². The number of anilines is 1. The van der Waals surface area contributed by atoms with Crippen LogP contribution in [-0.4, -0.2) is 18.1 Å². The average Bonchev–Trinajstić information content (AvgIpc) is 2.84. The summed E-state index contributed by atoms with van der Waals surface area (Å²) < 4.78 is 40.0. The maximum absolute atomic E-state index is 12.1. The Bertz CT molecular complexity index is 766. The van der Waals surface area contributed by atoms with Crippen LogP contribution in [0.4, 0.5) is 18.9 Å². The van der Waals surface area contributed by atoms with Crippen molar-refractivity contribution in [2.75, 3.05) is 5.32 Å². The van der Waals surface area contributed by atoms with Crippen LogP contribution in [0.5, 0.6) is 5.75 Å². The molecule has 0 radical (unpaired) electrons. The first kappa shape index (κ1) is 19.0. The number of hydrogen-bond donors (Lipinski definition) is 1. The van der Waals surface area contributed by atoms with Gasteiger partial charge < -0.3 is 10.1 Å². The monoisotopic (exact) mass is 371 g/mol. The largest absolute Gasteiger partial charge is 0.573 e. The van der Waals surface area contributed by atoms with Crippen molar-refractivity contribution >= 4 is 28.7 Å². The number of halogens is 3. The molecule has 2 rings (SSSR count). The van der Waals surface area contributed by atoms with Gasteiger partial charge in [-0.15, -0.1) is 24.5 Å². The second-order valence-corrected chi connectivity index (χ2v) is 6.83. The predicted molar refractivity (Wildman–Crippen MR) is 89.1 cm³/mol. The van der Waals surface area contributed by atoms with Crippen molar-refractivity contribution in [2.45, 2.75) is 33.1 Å². The second-order valence-electron chi connectivity index (χ2n) is 5.37. The number of carbonyl (C=O) groups is 2. The van der Waals surface area contributed by atoms with E-state index in [1.165, 1.54) is 23.5 Å². The number of nitrogens with one attached hydrogen (secondary N) is 1. The van der Waals surface area contributed by atoms with Gasteiger partial charge in [0.1, 0.15) is 5.75 Å². The van der Waals surface area contributed by atoms with E-state index in [0.717, 1.165) is 21.9 Å². The van der Waals surface area contributed by atoms with Gasteiger partial charge in [0, 0.05) is 33.8 Å². The molecule has 0 aliphatic carbocycles. The van der Waals surface area contributed by atoms with Gasteiger partial charge in [-0.2, -0.15) is 0 Å². The summed E-state index contributed by atoms with van der Waals surface area (Å²) in [6.07, 6.45) is -4.70. The van der Waals surface area contributed by atoms with E-state index < -0.39 is 6.36 Å². The average molecular weight is 371 g/mol. The van der Waals surface area contributed by atoms with Crippen molar-refractivity contribution < 1.29 is 27.5 Å². The van der Waals surface area contributed by atoms with Crippen LogP contribution in [0.1, 0.15) is 33.0 Å². The third-order valence-corrected chi connectivity index (χ3v) is 4.26. The van der Waals surface area contributed by atoms with Crippen molar-refractivity contribution in [1.29, 1.82) is 0 Å². The summed E-state index contributed by atoms with van der Waals surface area (Å²) in [5, 5.41) is 2.53. The van der Waals surface area contributed by atoms with Crippen LogP contribution in [0.25, 0.3) is 0 Å². The smallest absolute Gasteiger partial charge is 0.406 e. The van der Waals surface area contributed by atoms with Gasteiger partial charge in [0.25, 0.3) is 0 Å². The van der Waals surface area contributed by atoms with Crippen LogP contribution in [0, 0.1) is 13.8 Å². The molecule has 0 spiro atoms. The highest BCUT2D eigenvalue weighted by atomic mass is 32.1. The van der Waals surface area contributed by atoms with Gasteiger partial charge in [-0.1, -0.05) is 0 Å². The van der Waals surface area contributed by atoms with Gasteiger partial charge in [-0.05, 0) is 44.2 Å². The Kier molecular flexibility index (Phi) is 5.84. The summed E-state index contributed by atoms with van der Waals surface area (Å²) in [6.45, 7) is 3.77. The molecule has 1 aromatic heterocycles. The van der Waals surface area contributed by atoms with E-state index in [2.05, 4.69) is 10.1 Å². The van der Waals surface area contributed by atoms with E-state index in [1.54, 1.807) is 6.07 Å². The van der Waals surface area contributed by atoms with Crippen LogP contribution >= 0.6 is 11.3 Å². The lowest BCUT2D eigenvalue weighted by Crippen LogP contribution is -2.17. The van der Waals surface area contributed by atoms with Crippen molar-refractivity contribution in [2.24, 2.45) is 0 Å². The van der Waals surface area contributed by atoms with E-state index in [-0.39, 0.29) is 30.3 Å². The predicted octanol–water partition coefficient (Wildman–Crippen LogP) is 4.87. The summed E-state index contributed by atoms with van der Waals surface area (Å²) in [4.78, 5) is 26.0. The van der Waals surface area contributed by atoms with Crippen molar-refractivity contribution in [3.05, 3.63) is 45.6 Å². The quantitative estimate of drug-likeness (QED) is 0.738. The lowest BCUT2D eigenvalue weighted by molar-refractivity contribution is -0.274. The van der Waals surface area contributed by atoms with E-state index in [9.17, 15) is 22.8 Å². The summed E-state index contributed by atoms with van der Waals surface area (Å²) in [6, 6.07) is 6.61. The molecule has 134 valence electrons. The van der Waals surface area contributed by atoms with Gasteiger partial charge in [0.05, 0.1) is 0 Å². The third kappa shape index (κ3) is 5.90. The lowest BCUT2D eigenvalue weighted by atomic mass is 10.1. The zero-order chi connectivity index (χ0) is 18.6. The Hall–Kier alpha value is -2.35. The van der Waals surface area contributed by atoms with Crippen LogP contribution in [0.15, 0.2) is 30.3 Å². The molecule has 2 aromatic rings. The van der Waals surface area contributed by atoms with Gasteiger partial charge in [-0.3, -0.25) is 9.59 Å². The van der Waals surface area contributed by atoms with Gasteiger partial charge >= 0.3 is 6.36 Å². The minimum Gasteiger partial charge on any atom is -0.406 e. The molecule has 1 heterocycles. The molecule has 0 saturated heterocycles. The van der Waals surface area contributed by atoms with Crippen molar-refractivity contribution in [3.8, 4) is 5.75 Å². The first-order valence-corrected chi connectivity index (χ1v) is 8.21. The number of ether oxygens (including phenoxy) is 1. The first-order valence-electron chi connectivity index (χ1n) is 7.40. The molecule has 1 aromatic carbocycles. The highest BCUT2D eigenvalue weighted by molar-refractivity contribution is 7.12. The molecular weight excluding hydrogens is 355 g/mol. The Balaban J connectivity index is 1.86. The SMILES string of the molecule is Cc1cc(C(=O)CCC(=O)Nc2ccc(OC(F)(F)F)cc2)c(C)s1. The molecule has 1 amide bonds. The number of ketones is 1. The zero-order valence-electron chi connectivity index (χ0n) is 13.6. The molecular formula is C17H16F3NO3S. The number of carbonyl (C=O) groups excluding carboxylic acids is 2. The molecule has 1 N–H and O–H groups in total. The fourth-order valence-corrected chi connectivity index (χ4v) is 3.18. The molecule has 0 saturated carbocycles. The number of alkyl halides is 3. The lowest BCUT2D eigenvalue weighted by Gasteiger charge is -2.10. The molecule has 0 atom stereocenters. The molecule has 0 bridgehead atoms. The molecule has 0 fully saturated rings. The highest BCUT2D eigenvalue weighted by Crippen LogP contribution is 2.24. The van der Waals surface area contributed by atoms with Crippen LogP contribution < -0.4 is 10.1 Å². The van der Waals surface area contributed by atoms with Crippen molar-refractivity contribution in [3.63, 3.8) is 0 Å². The third-order valence-electron chi connectivity index (χ3n) is 3.29. The molecule has 4 nitrogen and oxygen atoms in total. The normalized spacial score (nSPS) is 11.2.